The maximum atomic E-state index is 11.1. The van der Waals surface area contributed by atoms with E-state index in [-0.39, 0.29) is 31.2 Å². The van der Waals surface area contributed by atoms with Crippen LogP contribution in [0.5, 0.6) is 0 Å². The van der Waals surface area contributed by atoms with Gasteiger partial charge >= 0.3 is 5.97 Å². The molecule has 0 saturated heterocycles. The van der Waals surface area contributed by atoms with E-state index >= 15 is 0 Å². The van der Waals surface area contributed by atoms with Crippen molar-refractivity contribution in [3.05, 3.63) is 0 Å². The van der Waals surface area contributed by atoms with Gasteiger partial charge in [0.15, 0.2) is 0 Å². The van der Waals surface area contributed by atoms with Crippen LogP contribution in [0.4, 0.5) is 0 Å². The highest BCUT2D eigenvalue weighted by atomic mass is 16.4. The van der Waals surface area contributed by atoms with E-state index in [1.807, 2.05) is 0 Å². The number of carboxylic acid groups (broad SMARTS) is 1. The number of nitrogens with one attached hydrogen (secondary N) is 2. The van der Waals surface area contributed by atoms with Crippen molar-refractivity contribution < 1.29 is 19.5 Å². The summed E-state index contributed by atoms with van der Waals surface area (Å²) in [6.07, 6.45) is 1.32. The summed E-state index contributed by atoms with van der Waals surface area (Å²) >= 11 is 0. The Bertz CT molecular complexity index is 240. The number of hydrogen-bond acceptors (Lipinski definition) is 3. The molecule has 0 rings (SSSR count). The van der Waals surface area contributed by atoms with Gasteiger partial charge in [-0.3, -0.25) is 14.4 Å². The van der Waals surface area contributed by atoms with Crippen LogP contribution in [0.25, 0.3) is 0 Å². The van der Waals surface area contributed by atoms with Crippen LogP contribution >= 0.6 is 0 Å². The van der Waals surface area contributed by atoms with Crippen LogP contribution in [0.2, 0.25) is 0 Å². The summed E-state index contributed by atoms with van der Waals surface area (Å²) in [5.74, 6) is -1.35. The van der Waals surface area contributed by atoms with Gasteiger partial charge in [0.2, 0.25) is 11.8 Å². The number of likely N-dealkylation sites (N-methyl/N-ethyl adjacent to an activating group) is 1. The number of carbonyl (C=O) groups excluding carboxylic acids is 2. The second kappa shape index (κ2) is 7.78. The van der Waals surface area contributed by atoms with Gasteiger partial charge in [-0.2, -0.15) is 0 Å². The first-order valence-electron chi connectivity index (χ1n) is 4.75. The van der Waals surface area contributed by atoms with Crippen LogP contribution in [-0.4, -0.2) is 36.5 Å². The van der Waals surface area contributed by atoms with Gasteiger partial charge in [-0.1, -0.05) is 0 Å². The SMILES string of the molecule is CNC(=O)CNC(=O)CCCCC(=O)O. The van der Waals surface area contributed by atoms with Crippen LogP contribution < -0.4 is 10.6 Å². The lowest BCUT2D eigenvalue weighted by Crippen LogP contribution is -2.34. The van der Waals surface area contributed by atoms with E-state index < -0.39 is 5.97 Å². The summed E-state index contributed by atoms with van der Waals surface area (Å²) in [4.78, 5) is 31.9. The number of hydrogen-bond donors (Lipinski definition) is 3. The Balaban J connectivity index is 3.41. The number of aliphatic carboxylic acids is 1. The molecule has 0 aliphatic heterocycles. The first-order chi connectivity index (χ1) is 7.06. The van der Waals surface area contributed by atoms with Gasteiger partial charge in [-0.05, 0) is 12.8 Å². The van der Waals surface area contributed by atoms with Crippen molar-refractivity contribution in [2.75, 3.05) is 13.6 Å². The fourth-order valence-electron chi connectivity index (χ4n) is 0.917. The third-order valence-corrected chi connectivity index (χ3v) is 1.77. The summed E-state index contributed by atoms with van der Waals surface area (Å²) in [6, 6.07) is 0. The zero-order chi connectivity index (χ0) is 11.7. The molecule has 0 radical (unpaired) electrons. The minimum atomic E-state index is -0.860. The van der Waals surface area contributed by atoms with E-state index in [9.17, 15) is 14.4 Å². The zero-order valence-electron chi connectivity index (χ0n) is 8.71. The Morgan fingerprint density at radius 2 is 1.67 bits per heavy atom. The number of carboxylic acids is 1. The molecule has 0 atom stereocenters. The quantitative estimate of drug-likeness (QED) is 0.499. The van der Waals surface area contributed by atoms with E-state index in [0.29, 0.717) is 12.8 Å². The highest BCUT2D eigenvalue weighted by Crippen LogP contribution is 1.99. The van der Waals surface area contributed by atoms with Gasteiger partial charge in [0.25, 0.3) is 0 Å². The zero-order valence-corrected chi connectivity index (χ0v) is 8.71. The maximum absolute atomic E-state index is 11.1. The lowest BCUT2D eigenvalue weighted by atomic mass is 10.2. The number of rotatable bonds is 7. The lowest BCUT2D eigenvalue weighted by molar-refractivity contribution is -0.137. The van der Waals surface area contributed by atoms with Crippen molar-refractivity contribution in [1.82, 2.24) is 10.6 Å². The molecule has 15 heavy (non-hydrogen) atoms. The molecule has 86 valence electrons. The van der Waals surface area contributed by atoms with Crippen molar-refractivity contribution >= 4 is 17.8 Å². The van der Waals surface area contributed by atoms with E-state index in [1.165, 1.54) is 7.05 Å². The Labute approximate surface area is 88.0 Å². The molecule has 2 amide bonds. The van der Waals surface area contributed by atoms with Crippen LogP contribution in [0.1, 0.15) is 25.7 Å². The van der Waals surface area contributed by atoms with Crippen molar-refractivity contribution in [3.8, 4) is 0 Å². The van der Waals surface area contributed by atoms with Gasteiger partial charge < -0.3 is 15.7 Å². The second-order valence-corrected chi connectivity index (χ2v) is 3.05. The first kappa shape index (κ1) is 13.4. The van der Waals surface area contributed by atoms with Gasteiger partial charge in [0, 0.05) is 19.9 Å². The third kappa shape index (κ3) is 8.73. The summed E-state index contributed by atoms with van der Waals surface area (Å²) in [5, 5.41) is 13.1. The average molecular weight is 216 g/mol. The van der Waals surface area contributed by atoms with Gasteiger partial charge in [0.1, 0.15) is 0 Å². The molecule has 0 aromatic rings. The molecule has 0 heterocycles. The van der Waals surface area contributed by atoms with Crippen LogP contribution in [0, 0.1) is 0 Å². The predicted octanol–water partition coefficient (Wildman–Crippen LogP) is -0.506. The fourth-order valence-corrected chi connectivity index (χ4v) is 0.917. The molecule has 0 aliphatic carbocycles. The molecule has 0 aromatic carbocycles. The molecule has 0 spiro atoms. The standard InChI is InChI=1S/C9H16N2O4/c1-10-8(13)6-11-7(12)4-2-3-5-9(14)15/h2-6H2,1H3,(H,10,13)(H,11,12)(H,14,15). The Morgan fingerprint density at radius 1 is 1.07 bits per heavy atom. The first-order valence-corrected chi connectivity index (χ1v) is 4.75. The Hall–Kier alpha value is -1.59. The molecule has 0 unspecified atom stereocenters. The number of unbranched alkanes of at least 4 members (excludes halogenated alkanes) is 1. The minimum Gasteiger partial charge on any atom is -0.481 e. The summed E-state index contributed by atoms with van der Waals surface area (Å²) in [5.41, 5.74) is 0. The highest BCUT2D eigenvalue weighted by molar-refractivity contribution is 5.84. The largest absolute Gasteiger partial charge is 0.481 e. The van der Waals surface area contributed by atoms with E-state index in [1.54, 1.807) is 0 Å². The lowest BCUT2D eigenvalue weighted by Gasteiger charge is -2.03. The van der Waals surface area contributed by atoms with Crippen molar-refractivity contribution in [3.63, 3.8) is 0 Å². The maximum Gasteiger partial charge on any atom is 0.303 e. The molecule has 6 heteroatoms. The van der Waals surface area contributed by atoms with Gasteiger partial charge in [-0.25, -0.2) is 0 Å². The van der Waals surface area contributed by atoms with Crippen molar-refractivity contribution in [2.24, 2.45) is 0 Å². The molecule has 3 N–H and O–H groups in total. The van der Waals surface area contributed by atoms with Crippen LogP contribution in [0.3, 0.4) is 0 Å². The van der Waals surface area contributed by atoms with Gasteiger partial charge in [-0.15, -0.1) is 0 Å². The van der Waals surface area contributed by atoms with Crippen molar-refractivity contribution in [2.45, 2.75) is 25.7 Å². The third-order valence-electron chi connectivity index (χ3n) is 1.77. The smallest absolute Gasteiger partial charge is 0.303 e. The number of amides is 2. The average Bonchev–Trinajstić information content (AvgIpc) is 2.20. The van der Waals surface area contributed by atoms with Crippen molar-refractivity contribution in [1.29, 1.82) is 0 Å². The van der Waals surface area contributed by atoms with E-state index in [4.69, 9.17) is 5.11 Å². The molecule has 0 bridgehead atoms. The molecule has 0 fully saturated rings. The second-order valence-electron chi connectivity index (χ2n) is 3.05. The Morgan fingerprint density at radius 3 is 2.20 bits per heavy atom. The van der Waals surface area contributed by atoms with Gasteiger partial charge in [0.05, 0.1) is 6.54 Å². The summed E-state index contributed by atoms with van der Waals surface area (Å²) < 4.78 is 0. The summed E-state index contributed by atoms with van der Waals surface area (Å²) in [6.45, 7) is -0.0335. The van der Waals surface area contributed by atoms with E-state index in [0.717, 1.165) is 0 Å². The van der Waals surface area contributed by atoms with Crippen LogP contribution in [-0.2, 0) is 14.4 Å². The number of carbonyl (C=O) groups is 3. The highest BCUT2D eigenvalue weighted by Gasteiger charge is 2.04. The molecule has 0 saturated carbocycles. The molecule has 6 nitrogen and oxygen atoms in total. The molecule has 0 aliphatic rings. The van der Waals surface area contributed by atoms with Crippen LogP contribution in [0.15, 0.2) is 0 Å². The molecule has 0 aromatic heterocycles. The predicted molar refractivity (Wildman–Crippen MR) is 53.2 cm³/mol. The molecular formula is C9H16N2O4. The molecular weight excluding hydrogens is 200 g/mol. The Kier molecular flexibility index (Phi) is 6.96. The topological polar surface area (TPSA) is 95.5 Å². The summed E-state index contributed by atoms with van der Waals surface area (Å²) in [7, 11) is 1.49. The van der Waals surface area contributed by atoms with E-state index in [2.05, 4.69) is 10.6 Å². The minimum absolute atomic E-state index is 0.0335. The fraction of sp³-hybridized carbons (Fsp3) is 0.667. The monoisotopic (exact) mass is 216 g/mol. The normalized spacial score (nSPS) is 9.40.